The second kappa shape index (κ2) is 3.04. The molecular weight excluding hydrogens is 126 g/mol. The summed E-state index contributed by atoms with van der Waals surface area (Å²) in [5.74, 6) is 0.307. The SMILES string of the molecule is CCCCC1CC(=O)N1C. The zero-order chi connectivity index (χ0) is 7.56. The summed E-state index contributed by atoms with van der Waals surface area (Å²) < 4.78 is 0. The molecule has 1 heterocycles. The smallest absolute Gasteiger partial charge is 0.224 e. The van der Waals surface area contributed by atoms with Crippen LogP contribution in [0.5, 0.6) is 0 Å². The van der Waals surface area contributed by atoms with Crippen LogP contribution in [-0.4, -0.2) is 23.9 Å². The molecule has 2 heteroatoms. The Bertz CT molecular complexity index is 133. The number of carbonyl (C=O) groups excluding carboxylic acids is 1. The van der Waals surface area contributed by atoms with Crippen LogP contribution in [0.25, 0.3) is 0 Å². The lowest BCUT2D eigenvalue weighted by molar-refractivity contribution is -0.143. The zero-order valence-electron chi connectivity index (χ0n) is 6.76. The quantitative estimate of drug-likeness (QED) is 0.544. The third-order valence-corrected chi connectivity index (χ3v) is 2.24. The molecule has 1 aliphatic heterocycles. The molecule has 0 aliphatic carbocycles. The first-order valence-corrected chi connectivity index (χ1v) is 4.01. The zero-order valence-corrected chi connectivity index (χ0v) is 6.76. The second-order valence-electron chi connectivity index (χ2n) is 3.00. The molecule has 0 bridgehead atoms. The van der Waals surface area contributed by atoms with Crippen LogP contribution >= 0.6 is 0 Å². The highest BCUT2D eigenvalue weighted by Crippen LogP contribution is 2.21. The Balaban J connectivity index is 2.14. The molecule has 10 heavy (non-hydrogen) atoms. The summed E-state index contributed by atoms with van der Waals surface area (Å²) in [6, 6.07) is 0.562. The molecule has 0 aromatic heterocycles. The highest BCUT2D eigenvalue weighted by atomic mass is 16.2. The Morgan fingerprint density at radius 1 is 1.70 bits per heavy atom. The number of nitrogens with zero attached hydrogens (tertiary/aromatic N) is 1. The summed E-state index contributed by atoms with van der Waals surface area (Å²) in [6.45, 7) is 2.18. The number of amides is 1. The van der Waals surface area contributed by atoms with Gasteiger partial charge in [0, 0.05) is 19.5 Å². The van der Waals surface area contributed by atoms with Crippen molar-refractivity contribution in [3.63, 3.8) is 0 Å². The van der Waals surface area contributed by atoms with Crippen molar-refractivity contribution in [2.45, 2.75) is 38.6 Å². The fourth-order valence-corrected chi connectivity index (χ4v) is 1.31. The first-order chi connectivity index (χ1) is 4.75. The van der Waals surface area contributed by atoms with E-state index in [4.69, 9.17) is 0 Å². The maximum Gasteiger partial charge on any atom is 0.224 e. The fraction of sp³-hybridized carbons (Fsp3) is 0.875. The van der Waals surface area contributed by atoms with E-state index >= 15 is 0 Å². The molecule has 1 unspecified atom stereocenters. The molecule has 0 N–H and O–H groups in total. The summed E-state index contributed by atoms with van der Waals surface area (Å²) in [7, 11) is 1.90. The van der Waals surface area contributed by atoms with Gasteiger partial charge in [-0.25, -0.2) is 0 Å². The van der Waals surface area contributed by atoms with Gasteiger partial charge in [0.05, 0.1) is 0 Å². The van der Waals surface area contributed by atoms with Gasteiger partial charge in [0.1, 0.15) is 0 Å². The van der Waals surface area contributed by atoms with Crippen LogP contribution in [0.4, 0.5) is 0 Å². The minimum Gasteiger partial charge on any atom is -0.342 e. The molecular formula is C8H15NO. The highest BCUT2D eigenvalue weighted by molar-refractivity contribution is 5.82. The van der Waals surface area contributed by atoms with Gasteiger partial charge in [-0.2, -0.15) is 0 Å². The first-order valence-electron chi connectivity index (χ1n) is 4.01. The summed E-state index contributed by atoms with van der Waals surface area (Å²) in [4.78, 5) is 12.6. The molecule has 0 aromatic carbocycles. The van der Waals surface area contributed by atoms with E-state index in [9.17, 15) is 4.79 Å². The van der Waals surface area contributed by atoms with Crippen molar-refractivity contribution >= 4 is 5.91 Å². The maximum atomic E-state index is 10.7. The van der Waals surface area contributed by atoms with Crippen LogP contribution in [0.1, 0.15) is 32.6 Å². The average Bonchev–Trinajstić information content (AvgIpc) is 1.97. The van der Waals surface area contributed by atoms with Crippen molar-refractivity contribution < 1.29 is 4.79 Å². The van der Waals surface area contributed by atoms with Gasteiger partial charge in [0.25, 0.3) is 0 Å². The number of likely N-dealkylation sites (tertiary alicyclic amines) is 1. The van der Waals surface area contributed by atoms with Crippen molar-refractivity contribution in [2.75, 3.05) is 7.05 Å². The van der Waals surface area contributed by atoms with E-state index < -0.39 is 0 Å². The first kappa shape index (κ1) is 7.58. The van der Waals surface area contributed by atoms with Crippen LogP contribution in [0.3, 0.4) is 0 Å². The Hall–Kier alpha value is -0.530. The van der Waals surface area contributed by atoms with E-state index in [2.05, 4.69) is 6.92 Å². The van der Waals surface area contributed by atoms with Gasteiger partial charge in [-0.05, 0) is 6.42 Å². The molecule has 0 aromatic rings. The van der Waals surface area contributed by atoms with Crippen LogP contribution < -0.4 is 0 Å². The van der Waals surface area contributed by atoms with Crippen LogP contribution in [0, 0.1) is 0 Å². The Morgan fingerprint density at radius 3 is 2.80 bits per heavy atom. The lowest BCUT2D eigenvalue weighted by Crippen LogP contribution is -2.49. The summed E-state index contributed by atoms with van der Waals surface area (Å²) in [5, 5.41) is 0. The monoisotopic (exact) mass is 141 g/mol. The minimum absolute atomic E-state index is 0.307. The molecule has 1 atom stereocenters. The number of hydrogen-bond donors (Lipinski definition) is 0. The molecule has 1 fully saturated rings. The van der Waals surface area contributed by atoms with Crippen molar-refractivity contribution in [3.8, 4) is 0 Å². The van der Waals surface area contributed by atoms with Crippen molar-refractivity contribution in [1.82, 2.24) is 4.90 Å². The normalized spacial score (nSPS) is 24.8. The standard InChI is InChI=1S/C8H15NO/c1-3-4-5-7-6-8(10)9(7)2/h7H,3-6H2,1-2H3. The topological polar surface area (TPSA) is 20.3 Å². The lowest BCUT2D eigenvalue weighted by atomic mass is 9.97. The molecule has 0 saturated carbocycles. The fourth-order valence-electron chi connectivity index (χ4n) is 1.31. The Kier molecular flexibility index (Phi) is 2.30. The predicted molar refractivity (Wildman–Crippen MR) is 40.7 cm³/mol. The van der Waals surface area contributed by atoms with Crippen molar-refractivity contribution in [3.05, 3.63) is 0 Å². The van der Waals surface area contributed by atoms with Gasteiger partial charge in [-0.3, -0.25) is 4.79 Å². The van der Waals surface area contributed by atoms with Gasteiger partial charge in [0.2, 0.25) is 5.91 Å². The predicted octanol–water partition coefficient (Wildman–Crippen LogP) is 1.41. The number of β-lactam (4-membered cyclic amide) rings is 1. The van der Waals surface area contributed by atoms with Crippen LogP contribution in [0.2, 0.25) is 0 Å². The molecule has 1 aliphatic rings. The number of unbranched alkanes of at least 4 members (excludes halogenated alkanes) is 1. The van der Waals surface area contributed by atoms with E-state index in [-0.39, 0.29) is 0 Å². The van der Waals surface area contributed by atoms with Crippen molar-refractivity contribution in [2.24, 2.45) is 0 Å². The summed E-state index contributed by atoms with van der Waals surface area (Å²) >= 11 is 0. The summed E-state index contributed by atoms with van der Waals surface area (Å²) in [5.41, 5.74) is 0. The molecule has 58 valence electrons. The third kappa shape index (κ3) is 1.31. The van der Waals surface area contributed by atoms with E-state index in [1.807, 2.05) is 11.9 Å². The second-order valence-corrected chi connectivity index (χ2v) is 3.00. The highest BCUT2D eigenvalue weighted by Gasteiger charge is 2.31. The Labute approximate surface area is 62.2 Å². The van der Waals surface area contributed by atoms with Crippen LogP contribution in [-0.2, 0) is 4.79 Å². The average molecular weight is 141 g/mol. The van der Waals surface area contributed by atoms with Crippen molar-refractivity contribution in [1.29, 1.82) is 0 Å². The van der Waals surface area contributed by atoms with E-state index in [0.717, 1.165) is 6.42 Å². The molecule has 0 radical (unpaired) electrons. The molecule has 1 rings (SSSR count). The largest absolute Gasteiger partial charge is 0.342 e. The van der Waals surface area contributed by atoms with Gasteiger partial charge < -0.3 is 4.90 Å². The van der Waals surface area contributed by atoms with Gasteiger partial charge >= 0.3 is 0 Å². The van der Waals surface area contributed by atoms with E-state index in [0.29, 0.717) is 11.9 Å². The molecule has 1 amide bonds. The third-order valence-electron chi connectivity index (χ3n) is 2.24. The lowest BCUT2D eigenvalue weighted by Gasteiger charge is -2.37. The molecule has 0 spiro atoms. The van der Waals surface area contributed by atoms with Gasteiger partial charge in [-0.15, -0.1) is 0 Å². The minimum atomic E-state index is 0.307. The van der Waals surface area contributed by atoms with Crippen LogP contribution in [0.15, 0.2) is 0 Å². The summed E-state index contributed by atoms with van der Waals surface area (Å²) in [6.07, 6.45) is 4.47. The van der Waals surface area contributed by atoms with Gasteiger partial charge in [-0.1, -0.05) is 19.8 Å². The van der Waals surface area contributed by atoms with E-state index in [1.54, 1.807) is 0 Å². The number of carbonyl (C=O) groups is 1. The Morgan fingerprint density at radius 2 is 2.40 bits per heavy atom. The molecule has 1 saturated heterocycles. The van der Waals surface area contributed by atoms with Gasteiger partial charge in [0.15, 0.2) is 0 Å². The van der Waals surface area contributed by atoms with E-state index in [1.165, 1.54) is 19.3 Å². The maximum absolute atomic E-state index is 10.7. The number of hydrogen-bond acceptors (Lipinski definition) is 1. The number of rotatable bonds is 3. The molecule has 2 nitrogen and oxygen atoms in total.